The van der Waals surface area contributed by atoms with E-state index in [4.69, 9.17) is 17.0 Å². The van der Waals surface area contributed by atoms with Crippen LogP contribution in [-0.4, -0.2) is 27.5 Å². The smallest absolute Gasteiger partial charge is 0.270 e. The number of hydrogen-bond acceptors (Lipinski definition) is 7. The first kappa shape index (κ1) is 18.7. The molecule has 0 saturated heterocycles. The van der Waals surface area contributed by atoms with Crippen LogP contribution < -0.4 is 15.4 Å². The number of nitro benzene ring substituents is 1. The van der Waals surface area contributed by atoms with Crippen LogP contribution in [0.1, 0.15) is 5.56 Å². The monoisotopic (exact) mass is 402 g/mol. The number of para-hydroxylation sites is 1. The SMILES string of the molecule is Cc1ccccc1OCC(=O)NC(=S)Nc1nc2ccc([N+](=O)[O-])cc2s1. The maximum Gasteiger partial charge on any atom is 0.270 e. The van der Waals surface area contributed by atoms with E-state index >= 15 is 0 Å². The second kappa shape index (κ2) is 8.06. The van der Waals surface area contributed by atoms with Gasteiger partial charge in [-0.05, 0) is 36.8 Å². The van der Waals surface area contributed by atoms with Crippen molar-refractivity contribution < 1.29 is 14.5 Å². The largest absolute Gasteiger partial charge is 0.483 e. The molecule has 0 aliphatic heterocycles. The van der Waals surface area contributed by atoms with Crippen molar-refractivity contribution in [2.24, 2.45) is 0 Å². The van der Waals surface area contributed by atoms with Crippen molar-refractivity contribution in [3.8, 4) is 5.75 Å². The third kappa shape index (κ3) is 4.74. The van der Waals surface area contributed by atoms with E-state index in [-0.39, 0.29) is 17.4 Å². The highest BCUT2D eigenvalue weighted by molar-refractivity contribution is 7.80. The molecule has 2 aromatic carbocycles. The van der Waals surface area contributed by atoms with Crippen molar-refractivity contribution in [1.29, 1.82) is 0 Å². The maximum atomic E-state index is 12.0. The van der Waals surface area contributed by atoms with E-state index in [1.807, 2.05) is 25.1 Å². The molecule has 0 spiro atoms. The molecular formula is C17H14N4O4S2. The van der Waals surface area contributed by atoms with Gasteiger partial charge in [0, 0.05) is 12.1 Å². The number of carbonyl (C=O) groups is 1. The number of nitrogens with one attached hydrogen (secondary N) is 2. The average Bonchev–Trinajstić information content (AvgIpc) is 3.01. The zero-order valence-corrected chi connectivity index (χ0v) is 15.7. The zero-order chi connectivity index (χ0) is 19.4. The van der Waals surface area contributed by atoms with Crippen LogP contribution in [0.25, 0.3) is 10.2 Å². The Kier molecular flexibility index (Phi) is 5.57. The summed E-state index contributed by atoms with van der Waals surface area (Å²) in [7, 11) is 0. The molecular weight excluding hydrogens is 388 g/mol. The minimum absolute atomic E-state index is 0.0121. The summed E-state index contributed by atoms with van der Waals surface area (Å²) in [6.07, 6.45) is 0. The van der Waals surface area contributed by atoms with Gasteiger partial charge >= 0.3 is 0 Å². The van der Waals surface area contributed by atoms with Crippen molar-refractivity contribution in [1.82, 2.24) is 10.3 Å². The minimum atomic E-state index is -0.467. The predicted molar refractivity (Wildman–Crippen MR) is 107 cm³/mol. The number of nitrogens with zero attached hydrogens (tertiary/aromatic N) is 2. The molecule has 2 N–H and O–H groups in total. The topological polar surface area (TPSA) is 106 Å². The normalized spacial score (nSPS) is 10.4. The summed E-state index contributed by atoms with van der Waals surface area (Å²) in [6, 6.07) is 11.8. The van der Waals surface area contributed by atoms with E-state index in [1.54, 1.807) is 12.1 Å². The number of carbonyl (C=O) groups excluding carboxylic acids is 1. The van der Waals surface area contributed by atoms with Gasteiger partial charge in [0.2, 0.25) is 0 Å². The fourth-order valence-corrected chi connectivity index (χ4v) is 3.41. The summed E-state index contributed by atoms with van der Waals surface area (Å²) in [6.45, 7) is 1.70. The fraction of sp³-hybridized carbons (Fsp3) is 0.118. The second-order valence-corrected chi connectivity index (χ2v) is 6.92. The van der Waals surface area contributed by atoms with E-state index in [1.165, 1.54) is 23.5 Å². The van der Waals surface area contributed by atoms with E-state index < -0.39 is 10.8 Å². The number of aryl methyl sites for hydroxylation is 1. The van der Waals surface area contributed by atoms with Crippen LogP contribution in [0.15, 0.2) is 42.5 Å². The van der Waals surface area contributed by atoms with Gasteiger partial charge in [0.25, 0.3) is 11.6 Å². The van der Waals surface area contributed by atoms with Crippen LogP contribution in [0.5, 0.6) is 5.75 Å². The fourth-order valence-electron chi connectivity index (χ4n) is 2.23. The molecule has 1 heterocycles. The summed E-state index contributed by atoms with van der Waals surface area (Å²) in [5.41, 5.74) is 1.52. The zero-order valence-electron chi connectivity index (χ0n) is 14.1. The quantitative estimate of drug-likeness (QED) is 0.383. The van der Waals surface area contributed by atoms with Crippen LogP contribution in [0.3, 0.4) is 0 Å². The molecule has 0 radical (unpaired) electrons. The first-order valence-electron chi connectivity index (χ1n) is 7.76. The van der Waals surface area contributed by atoms with Crippen molar-refractivity contribution in [2.75, 3.05) is 11.9 Å². The molecule has 10 heteroatoms. The summed E-state index contributed by atoms with van der Waals surface area (Å²) in [5.74, 6) is 0.215. The Morgan fingerprint density at radius 1 is 1.33 bits per heavy atom. The molecule has 0 bridgehead atoms. The number of non-ortho nitro benzene ring substituents is 1. The summed E-state index contributed by atoms with van der Waals surface area (Å²) in [5, 5.41) is 16.6. The number of anilines is 1. The average molecular weight is 402 g/mol. The number of amides is 1. The van der Waals surface area contributed by atoms with Crippen LogP contribution in [0.2, 0.25) is 0 Å². The molecule has 1 amide bonds. The molecule has 0 aliphatic carbocycles. The Morgan fingerprint density at radius 3 is 2.85 bits per heavy atom. The summed E-state index contributed by atoms with van der Waals surface area (Å²) < 4.78 is 6.10. The molecule has 138 valence electrons. The van der Waals surface area contributed by atoms with E-state index in [2.05, 4.69) is 15.6 Å². The van der Waals surface area contributed by atoms with Crippen LogP contribution in [0, 0.1) is 17.0 Å². The Hall–Kier alpha value is -3.11. The number of ether oxygens (including phenoxy) is 1. The number of thiocarbonyl (C=S) groups is 1. The number of rotatable bonds is 5. The van der Waals surface area contributed by atoms with Gasteiger partial charge < -0.3 is 10.1 Å². The van der Waals surface area contributed by atoms with Gasteiger partial charge in [0.05, 0.1) is 15.1 Å². The predicted octanol–water partition coefficient (Wildman–Crippen LogP) is 3.40. The first-order chi connectivity index (χ1) is 12.9. The Balaban J connectivity index is 1.57. The highest BCUT2D eigenvalue weighted by Crippen LogP contribution is 2.29. The van der Waals surface area contributed by atoms with Gasteiger partial charge in [-0.3, -0.25) is 20.2 Å². The Labute approximate surface area is 163 Å². The van der Waals surface area contributed by atoms with E-state index in [0.29, 0.717) is 21.1 Å². The van der Waals surface area contributed by atoms with Gasteiger partial charge in [-0.25, -0.2) is 4.98 Å². The Bertz CT molecular complexity index is 1030. The van der Waals surface area contributed by atoms with Crippen molar-refractivity contribution in [2.45, 2.75) is 6.92 Å². The van der Waals surface area contributed by atoms with Gasteiger partial charge in [0.1, 0.15) is 5.75 Å². The molecule has 0 unspecified atom stereocenters. The van der Waals surface area contributed by atoms with Crippen molar-refractivity contribution in [3.05, 3.63) is 58.1 Å². The number of benzene rings is 2. The lowest BCUT2D eigenvalue weighted by Gasteiger charge is -2.10. The first-order valence-corrected chi connectivity index (χ1v) is 8.99. The third-order valence-corrected chi connectivity index (χ3v) is 4.65. The highest BCUT2D eigenvalue weighted by Gasteiger charge is 2.12. The molecule has 8 nitrogen and oxygen atoms in total. The lowest BCUT2D eigenvalue weighted by molar-refractivity contribution is -0.384. The molecule has 0 fully saturated rings. The van der Waals surface area contributed by atoms with Crippen LogP contribution in [-0.2, 0) is 4.79 Å². The number of nitro groups is 1. The van der Waals surface area contributed by atoms with Crippen LogP contribution in [0.4, 0.5) is 10.8 Å². The lowest BCUT2D eigenvalue weighted by Crippen LogP contribution is -2.37. The maximum absolute atomic E-state index is 12.0. The number of fused-ring (bicyclic) bond motifs is 1. The van der Waals surface area contributed by atoms with Crippen molar-refractivity contribution >= 4 is 55.6 Å². The van der Waals surface area contributed by atoms with E-state index in [9.17, 15) is 14.9 Å². The molecule has 3 rings (SSSR count). The summed E-state index contributed by atoms with van der Waals surface area (Å²) in [4.78, 5) is 26.6. The molecule has 0 aliphatic rings. The van der Waals surface area contributed by atoms with Crippen LogP contribution >= 0.6 is 23.6 Å². The molecule has 1 aromatic heterocycles. The lowest BCUT2D eigenvalue weighted by atomic mass is 10.2. The van der Waals surface area contributed by atoms with Crippen molar-refractivity contribution in [3.63, 3.8) is 0 Å². The molecule has 0 atom stereocenters. The van der Waals surface area contributed by atoms with E-state index in [0.717, 1.165) is 5.56 Å². The van der Waals surface area contributed by atoms with Gasteiger partial charge in [0.15, 0.2) is 16.9 Å². The number of aromatic nitrogens is 1. The highest BCUT2D eigenvalue weighted by atomic mass is 32.1. The molecule has 3 aromatic rings. The molecule has 0 saturated carbocycles. The Morgan fingerprint density at radius 2 is 2.11 bits per heavy atom. The number of hydrogen-bond donors (Lipinski definition) is 2. The van der Waals surface area contributed by atoms with Gasteiger partial charge in [-0.1, -0.05) is 29.5 Å². The number of thiazole rings is 1. The van der Waals surface area contributed by atoms with Gasteiger partial charge in [-0.15, -0.1) is 0 Å². The van der Waals surface area contributed by atoms with Gasteiger partial charge in [-0.2, -0.15) is 0 Å². The third-order valence-electron chi connectivity index (χ3n) is 3.51. The minimum Gasteiger partial charge on any atom is -0.483 e. The second-order valence-electron chi connectivity index (χ2n) is 5.48. The summed E-state index contributed by atoms with van der Waals surface area (Å²) >= 11 is 6.30. The molecule has 27 heavy (non-hydrogen) atoms. The standard InChI is InChI=1S/C17H14N4O4S2/c1-10-4-2-3-5-13(10)25-9-15(22)19-16(26)20-17-18-12-7-6-11(21(23)24)8-14(12)27-17/h2-8H,9H2,1H3,(H2,18,19,20,22,26).